The standard InChI is InChI=1S/C10H20N2O4/c1-3-11-5-4-9(13)12-7-8(16-2)6-10(14)15/h8,11H,3-7H2,1-2H3,(H,12,13)(H,14,15). The van der Waals surface area contributed by atoms with Crippen molar-refractivity contribution in [3.8, 4) is 0 Å². The number of methoxy groups -OCH3 is 1. The van der Waals surface area contributed by atoms with Crippen LogP contribution < -0.4 is 10.6 Å². The van der Waals surface area contributed by atoms with Crippen molar-refractivity contribution in [2.24, 2.45) is 0 Å². The normalized spacial score (nSPS) is 12.1. The average Bonchev–Trinajstić information content (AvgIpc) is 2.24. The summed E-state index contributed by atoms with van der Waals surface area (Å²) in [4.78, 5) is 21.7. The predicted molar refractivity (Wildman–Crippen MR) is 59.2 cm³/mol. The molecule has 0 bridgehead atoms. The minimum Gasteiger partial charge on any atom is -0.481 e. The SMILES string of the molecule is CCNCCC(=O)NCC(CC(=O)O)OC. The van der Waals surface area contributed by atoms with E-state index in [1.165, 1.54) is 7.11 Å². The number of carbonyl (C=O) groups is 2. The minimum absolute atomic E-state index is 0.103. The van der Waals surface area contributed by atoms with E-state index in [9.17, 15) is 9.59 Å². The smallest absolute Gasteiger partial charge is 0.306 e. The Hall–Kier alpha value is -1.14. The van der Waals surface area contributed by atoms with Gasteiger partial charge in [-0.05, 0) is 6.54 Å². The first kappa shape index (κ1) is 14.9. The molecule has 0 saturated heterocycles. The third-order valence-corrected chi connectivity index (χ3v) is 2.04. The summed E-state index contributed by atoms with van der Waals surface area (Å²) >= 11 is 0. The lowest BCUT2D eigenvalue weighted by Crippen LogP contribution is -2.35. The van der Waals surface area contributed by atoms with Crippen LogP contribution in [0.3, 0.4) is 0 Å². The first-order valence-electron chi connectivity index (χ1n) is 5.32. The second-order valence-electron chi connectivity index (χ2n) is 3.36. The van der Waals surface area contributed by atoms with E-state index in [0.29, 0.717) is 13.0 Å². The van der Waals surface area contributed by atoms with Crippen LogP contribution in [0.5, 0.6) is 0 Å². The summed E-state index contributed by atoms with van der Waals surface area (Å²) in [6.45, 7) is 3.64. The van der Waals surface area contributed by atoms with E-state index in [0.717, 1.165) is 6.54 Å². The summed E-state index contributed by atoms with van der Waals surface area (Å²) in [5.74, 6) is -1.04. The molecule has 0 rings (SSSR count). The molecule has 0 fully saturated rings. The fraction of sp³-hybridized carbons (Fsp3) is 0.800. The molecular weight excluding hydrogens is 212 g/mol. The summed E-state index contributed by atoms with van der Waals surface area (Å²) < 4.78 is 4.93. The summed E-state index contributed by atoms with van der Waals surface area (Å²) in [5.41, 5.74) is 0. The number of nitrogens with one attached hydrogen (secondary N) is 2. The van der Waals surface area contributed by atoms with Crippen LogP contribution in [-0.2, 0) is 14.3 Å². The first-order valence-corrected chi connectivity index (χ1v) is 5.32. The molecule has 94 valence electrons. The van der Waals surface area contributed by atoms with Crippen molar-refractivity contribution in [2.75, 3.05) is 26.7 Å². The predicted octanol–water partition coefficient (Wildman–Crippen LogP) is -0.408. The molecule has 0 aliphatic carbocycles. The van der Waals surface area contributed by atoms with E-state index >= 15 is 0 Å². The third-order valence-electron chi connectivity index (χ3n) is 2.04. The highest BCUT2D eigenvalue weighted by atomic mass is 16.5. The molecule has 0 spiro atoms. The number of rotatable bonds is 9. The van der Waals surface area contributed by atoms with Gasteiger partial charge in [-0.25, -0.2) is 0 Å². The van der Waals surface area contributed by atoms with Gasteiger partial charge < -0.3 is 20.5 Å². The van der Waals surface area contributed by atoms with E-state index in [4.69, 9.17) is 9.84 Å². The highest BCUT2D eigenvalue weighted by molar-refractivity contribution is 5.76. The van der Waals surface area contributed by atoms with Gasteiger partial charge in [-0.2, -0.15) is 0 Å². The monoisotopic (exact) mass is 232 g/mol. The maximum atomic E-state index is 11.3. The fourth-order valence-electron chi connectivity index (χ4n) is 1.13. The van der Waals surface area contributed by atoms with Crippen molar-refractivity contribution in [3.63, 3.8) is 0 Å². The van der Waals surface area contributed by atoms with E-state index in [-0.39, 0.29) is 18.9 Å². The van der Waals surface area contributed by atoms with Crippen molar-refractivity contribution in [2.45, 2.75) is 25.9 Å². The molecule has 1 atom stereocenters. The lowest BCUT2D eigenvalue weighted by molar-refractivity contribution is -0.140. The molecule has 0 saturated carbocycles. The third kappa shape index (κ3) is 8.19. The molecule has 6 nitrogen and oxygen atoms in total. The summed E-state index contributed by atoms with van der Waals surface area (Å²) in [5, 5.41) is 14.2. The molecule has 3 N–H and O–H groups in total. The molecule has 0 heterocycles. The van der Waals surface area contributed by atoms with Crippen molar-refractivity contribution < 1.29 is 19.4 Å². The zero-order valence-corrected chi connectivity index (χ0v) is 9.78. The summed E-state index contributed by atoms with van der Waals surface area (Å²) in [6.07, 6.45) is -0.193. The Kier molecular flexibility index (Phi) is 8.46. The van der Waals surface area contributed by atoms with Gasteiger partial charge in [0.25, 0.3) is 0 Å². The van der Waals surface area contributed by atoms with Gasteiger partial charge in [0.2, 0.25) is 5.91 Å². The van der Waals surface area contributed by atoms with Gasteiger partial charge in [-0.15, -0.1) is 0 Å². The molecule has 1 unspecified atom stereocenters. The average molecular weight is 232 g/mol. The lowest BCUT2D eigenvalue weighted by Gasteiger charge is -2.13. The Morgan fingerprint density at radius 1 is 1.44 bits per heavy atom. The molecule has 0 aromatic heterocycles. The van der Waals surface area contributed by atoms with Crippen LogP contribution in [0.1, 0.15) is 19.8 Å². The highest BCUT2D eigenvalue weighted by Gasteiger charge is 2.13. The van der Waals surface area contributed by atoms with E-state index < -0.39 is 12.1 Å². The number of ether oxygens (including phenoxy) is 1. The van der Waals surface area contributed by atoms with Crippen LogP contribution in [0.25, 0.3) is 0 Å². The lowest BCUT2D eigenvalue weighted by atomic mass is 10.2. The van der Waals surface area contributed by atoms with Crippen molar-refractivity contribution in [1.82, 2.24) is 10.6 Å². The Morgan fingerprint density at radius 2 is 2.12 bits per heavy atom. The van der Waals surface area contributed by atoms with Gasteiger partial charge in [0.1, 0.15) is 0 Å². The maximum absolute atomic E-state index is 11.3. The second-order valence-corrected chi connectivity index (χ2v) is 3.36. The van der Waals surface area contributed by atoms with Gasteiger partial charge >= 0.3 is 5.97 Å². The maximum Gasteiger partial charge on any atom is 0.306 e. The Balaban J connectivity index is 3.66. The number of aliphatic carboxylic acids is 1. The van der Waals surface area contributed by atoms with Crippen LogP contribution in [0.2, 0.25) is 0 Å². The molecule has 0 aromatic rings. The summed E-state index contributed by atoms with van der Waals surface area (Å²) in [7, 11) is 1.43. The molecule has 1 amide bonds. The molecule has 16 heavy (non-hydrogen) atoms. The minimum atomic E-state index is -0.936. The number of carboxylic acids is 1. The van der Waals surface area contributed by atoms with Crippen molar-refractivity contribution in [1.29, 1.82) is 0 Å². The molecule has 0 aromatic carbocycles. The molecule has 0 radical (unpaired) electrons. The Morgan fingerprint density at radius 3 is 2.62 bits per heavy atom. The topological polar surface area (TPSA) is 87.7 Å². The van der Waals surface area contributed by atoms with Crippen LogP contribution >= 0.6 is 0 Å². The van der Waals surface area contributed by atoms with Gasteiger partial charge in [-0.1, -0.05) is 6.92 Å². The fourth-order valence-corrected chi connectivity index (χ4v) is 1.13. The number of carboxylic acid groups (broad SMARTS) is 1. The zero-order valence-electron chi connectivity index (χ0n) is 9.78. The number of hydrogen-bond donors (Lipinski definition) is 3. The van der Waals surface area contributed by atoms with Crippen LogP contribution in [0.4, 0.5) is 0 Å². The Labute approximate surface area is 95.4 Å². The number of carbonyl (C=O) groups excluding carboxylic acids is 1. The zero-order chi connectivity index (χ0) is 12.4. The number of hydrogen-bond acceptors (Lipinski definition) is 4. The quantitative estimate of drug-likeness (QED) is 0.470. The van der Waals surface area contributed by atoms with Crippen LogP contribution in [0, 0.1) is 0 Å². The van der Waals surface area contributed by atoms with E-state index in [1.54, 1.807) is 0 Å². The van der Waals surface area contributed by atoms with E-state index in [2.05, 4.69) is 10.6 Å². The molecular formula is C10H20N2O4. The molecule has 0 aliphatic heterocycles. The van der Waals surface area contributed by atoms with Gasteiger partial charge in [-0.3, -0.25) is 9.59 Å². The number of amides is 1. The van der Waals surface area contributed by atoms with Crippen LogP contribution in [-0.4, -0.2) is 49.8 Å². The van der Waals surface area contributed by atoms with Crippen LogP contribution in [0.15, 0.2) is 0 Å². The second kappa shape index (κ2) is 9.11. The van der Waals surface area contributed by atoms with Gasteiger partial charge in [0.05, 0.1) is 12.5 Å². The summed E-state index contributed by atoms with van der Waals surface area (Å²) in [6, 6.07) is 0. The van der Waals surface area contributed by atoms with Gasteiger partial charge in [0, 0.05) is 26.6 Å². The van der Waals surface area contributed by atoms with Crippen molar-refractivity contribution in [3.05, 3.63) is 0 Å². The van der Waals surface area contributed by atoms with Gasteiger partial charge in [0.15, 0.2) is 0 Å². The van der Waals surface area contributed by atoms with Crippen molar-refractivity contribution >= 4 is 11.9 Å². The highest BCUT2D eigenvalue weighted by Crippen LogP contribution is 1.95. The van der Waals surface area contributed by atoms with E-state index in [1.807, 2.05) is 6.92 Å². The first-order chi connectivity index (χ1) is 7.60. The largest absolute Gasteiger partial charge is 0.481 e. The molecule has 0 aliphatic rings. The Bertz CT molecular complexity index is 221. The molecule has 6 heteroatoms.